The molecule has 0 radical (unpaired) electrons. The van der Waals surface area contributed by atoms with Gasteiger partial charge in [-0.15, -0.1) is 11.3 Å². The summed E-state index contributed by atoms with van der Waals surface area (Å²) in [5, 5.41) is 8.94. The normalized spacial score (nSPS) is 17.3. The van der Waals surface area contributed by atoms with Gasteiger partial charge in [-0.1, -0.05) is 11.2 Å². The highest BCUT2D eigenvalue weighted by Crippen LogP contribution is 2.25. The van der Waals surface area contributed by atoms with Crippen molar-refractivity contribution in [2.75, 3.05) is 53.0 Å². The molecule has 0 spiro atoms. The maximum atomic E-state index is 11.9. The Kier molecular flexibility index (Phi) is 6.73. The molecule has 3 heterocycles. The topological polar surface area (TPSA) is 83.7 Å². The van der Waals surface area contributed by atoms with Gasteiger partial charge in [-0.3, -0.25) is 14.6 Å². The largest absolute Gasteiger partial charge is 0.383 e. The van der Waals surface area contributed by atoms with Crippen LogP contribution >= 0.6 is 11.3 Å². The first-order chi connectivity index (χ1) is 12.7. The van der Waals surface area contributed by atoms with Crippen molar-refractivity contribution in [2.45, 2.75) is 13.0 Å². The molecule has 8 nitrogen and oxygen atoms in total. The van der Waals surface area contributed by atoms with Crippen LogP contribution in [0.1, 0.15) is 18.9 Å². The Morgan fingerprint density at radius 3 is 2.92 bits per heavy atom. The van der Waals surface area contributed by atoms with Crippen LogP contribution in [0.3, 0.4) is 0 Å². The molecular weight excluding hydrogens is 354 g/mol. The van der Waals surface area contributed by atoms with Crippen molar-refractivity contribution in [3.63, 3.8) is 0 Å². The summed E-state index contributed by atoms with van der Waals surface area (Å²) in [7, 11) is 1.62. The molecule has 3 rings (SSSR count). The highest BCUT2D eigenvalue weighted by molar-refractivity contribution is 7.13. The summed E-state index contributed by atoms with van der Waals surface area (Å²) in [6, 6.07) is 4.03. The zero-order chi connectivity index (χ0) is 18.4. The van der Waals surface area contributed by atoms with Gasteiger partial charge in [0.05, 0.1) is 24.1 Å². The number of piperazine rings is 1. The average molecular weight is 379 g/mol. The van der Waals surface area contributed by atoms with E-state index in [0.29, 0.717) is 31.4 Å². The van der Waals surface area contributed by atoms with Crippen LogP contribution in [0.2, 0.25) is 0 Å². The first-order valence-corrected chi connectivity index (χ1v) is 9.65. The fourth-order valence-corrected chi connectivity index (χ4v) is 3.58. The highest BCUT2D eigenvalue weighted by atomic mass is 32.1. The summed E-state index contributed by atoms with van der Waals surface area (Å²) in [5.41, 5.74) is 0. The molecule has 0 aliphatic carbocycles. The number of hydrogen-bond acceptors (Lipinski definition) is 8. The predicted octanol–water partition coefficient (Wildman–Crippen LogP) is 1.24. The third-order valence-corrected chi connectivity index (χ3v) is 5.36. The number of rotatable bonds is 8. The van der Waals surface area contributed by atoms with Crippen molar-refractivity contribution in [2.24, 2.45) is 0 Å². The van der Waals surface area contributed by atoms with Crippen LogP contribution in [0.5, 0.6) is 0 Å². The number of thiophene rings is 1. The van der Waals surface area contributed by atoms with Gasteiger partial charge in [0.15, 0.2) is 0 Å². The summed E-state index contributed by atoms with van der Waals surface area (Å²) in [4.78, 5) is 21.9. The van der Waals surface area contributed by atoms with Gasteiger partial charge in [-0.2, -0.15) is 4.98 Å². The predicted molar refractivity (Wildman–Crippen MR) is 98.9 cm³/mol. The Morgan fingerprint density at radius 2 is 2.23 bits per heavy atom. The van der Waals surface area contributed by atoms with E-state index >= 15 is 0 Å². The molecule has 1 fully saturated rings. The van der Waals surface area contributed by atoms with E-state index in [-0.39, 0.29) is 11.9 Å². The van der Waals surface area contributed by atoms with Gasteiger partial charge in [0.1, 0.15) is 0 Å². The molecule has 1 aliphatic rings. The number of nitrogens with zero attached hydrogens (tertiary/aromatic N) is 4. The first-order valence-electron chi connectivity index (χ1n) is 8.77. The number of ether oxygens (including phenoxy) is 1. The summed E-state index contributed by atoms with van der Waals surface area (Å²) in [6.07, 6.45) is 0. The lowest BCUT2D eigenvalue weighted by atomic mass is 10.2. The van der Waals surface area contributed by atoms with Crippen molar-refractivity contribution in [3.8, 4) is 10.7 Å². The third-order valence-electron chi connectivity index (χ3n) is 4.49. The quantitative estimate of drug-likeness (QED) is 0.691. The zero-order valence-corrected chi connectivity index (χ0v) is 16.0. The molecule has 1 aliphatic heterocycles. The number of carbonyl (C=O) groups is 1. The van der Waals surface area contributed by atoms with Crippen molar-refractivity contribution < 1.29 is 14.1 Å². The summed E-state index contributed by atoms with van der Waals surface area (Å²) >= 11 is 1.60. The molecular formula is C17H25N5O3S. The molecule has 0 aromatic carbocycles. The van der Waals surface area contributed by atoms with Gasteiger partial charge >= 0.3 is 0 Å². The molecule has 26 heavy (non-hydrogen) atoms. The van der Waals surface area contributed by atoms with Crippen molar-refractivity contribution in [1.29, 1.82) is 0 Å². The molecule has 0 saturated carbocycles. The minimum absolute atomic E-state index is 0.0426. The number of hydrogen-bond donors (Lipinski definition) is 1. The lowest BCUT2D eigenvalue weighted by molar-refractivity contribution is -0.122. The minimum atomic E-state index is 0.0426. The number of aromatic nitrogens is 2. The van der Waals surface area contributed by atoms with E-state index < -0.39 is 0 Å². The molecule has 9 heteroatoms. The Hall–Kier alpha value is -1.81. The smallest absolute Gasteiger partial charge is 0.244 e. The second-order valence-corrected chi connectivity index (χ2v) is 7.21. The maximum Gasteiger partial charge on any atom is 0.244 e. The molecule has 1 N–H and O–H groups in total. The Morgan fingerprint density at radius 1 is 1.42 bits per heavy atom. The second-order valence-electron chi connectivity index (χ2n) is 6.26. The van der Waals surface area contributed by atoms with E-state index in [0.717, 1.165) is 31.1 Å². The molecule has 1 amide bonds. The van der Waals surface area contributed by atoms with Gasteiger partial charge in [0, 0.05) is 39.8 Å². The van der Waals surface area contributed by atoms with Gasteiger partial charge in [0.2, 0.25) is 17.6 Å². The molecule has 1 atom stereocenters. The molecule has 0 bridgehead atoms. The molecule has 142 valence electrons. The number of methoxy groups -OCH3 is 1. The lowest BCUT2D eigenvalue weighted by Crippen LogP contribution is -2.50. The number of carbonyl (C=O) groups excluding carboxylic acids is 1. The number of nitrogens with one attached hydrogen (secondary N) is 1. The van der Waals surface area contributed by atoms with Crippen LogP contribution in [0.25, 0.3) is 10.7 Å². The van der Waals surface area contributed by atoms with Crippen molar-refractivity contribution in [3.05, 3.63) is 23.4 Å². The van der Waals surface area contributed by atoms with Crippen LogP contribution in [0, 0.1) is 0 Å². The molecule has 2 aromatic heterocycles. The van der Waals surface area contributed by atoms with Crippen LogP contribution in [0.15, 0.2) is 22.0 Å². The minimum Gasteiger partial charge on any atom is -0.383 e. The van der Waals surface area contributed by atoms with E-state index in [4.69, 9.17) is 9.26 Å². The van der Waals surface area contributed by atoms with Crippen LogP contribution in [0.4, 0.5) is 0 Å². The zero-order valence-electron chi connectivity index (χ0n) is 15.2. The van der Waals surface area contributed by atoms with E-state index in [9.17, 15) is 4.79 Å². The Labute approximate surface area is 157 Å². The van der Waals surface area contributed by atoms with E-state index in [1.807, 2.05) is 17.5 Å². The summed E-state index contributed by atoms with van der Waals surface area (Å²) in [6.45, 7) is 7.01. The molecule has 1 saturated heterocycles. The summed E-state index contributed by atoms with van der Waals surface area (Å²) in [5.74, 6) is 1.33. The van der Waals surface area contributed by atoms with Gasteiger partial charge < -0.3 is 14.6 Å². The van der Waals surface area contributed by atoms with Crippen LogP contribution < -0.4 is 5.32 Å². The fraction of sp³-hybridized carbons (Fsp3) is 0.588. The van der Waals surface area contributed by atoms with E-state index in [2.05, 4.69) is 32.2 Å². The van der Waals surface area contributed by atoms with Gasteiger partial charge in [-0.05, 0) is 18.4 Å². The number of amides is 1. The monoisotopic (exact) mass is 379 g/mol. The van der Waals surface area contributed by atoms with Crippen molar-refractivity contribution >= 4 is 17.2 Å². The van der Waals surface area contributed by atoms with Crippen LogP contribution in [-0.2, 0) is 9.53 Å². The SMILES string of the molecule is COCCNC(=O)CN1CCN(C(C)c2nc(-c3cccs3)no2)CC1. The molecule has 1 unspecified atom stereocenters. The van der Waals surface area contributed by atoms with Gasteiger partial charge in [-0.25, -0.2) is 0 Å². The first kappa shape index (κ1) is 19.0. The Bertz CT molecular complexity index is 682. The van der Waals surface area contributed by atoms with E-state index in [1.165, 1.54) is 0 Å². The maximum absolute atomic E-state index is 11.9. The van der Waals surface area contributed by atoms with Crippen LogP contribution in [-0.4, -0.2) is 78.8 Å². The molecule has 2 aromatic rings. The summed E-state index contributed by atoms with van der Waals surface area (Å²) < 4.78 is 10.4. The lowest BCUT2D eigenvalue weighted by Gasteiger charge is -2.36. The second kappa shape index (κ2) is 9.22. The van der Waals surface area contributed by atoms with Gasteiger partial charge in [0.25, 0.3) is 0 Å². The standard InChI is InChI=1S/C17H25N5O3S/c1-13(17-19-16(20-25-17)14-4-3-11-26-14)22-8-6-21(7-9-22)12-15(23)18-5-10-24-2/h3-4,11,13H,5-10,12H2,1-2H3,(H,18,23). The van der Waals surface area contributed by atoms with Crippen molar-refractivity contribution in [1.82, 2.24) is 25.3 Å². The van der Waals surface area contributed by atoms with E-state index in [1.54, 1.807) is 18.4 Å². The fourth-order valence-electron chi connectivity index (χ4n) is 2.93. The third kappa shape index (κ3) is 4.88. The average Bonchev–Trinajstić information content (AvgIpc) is 3.33. The highest BCUT2D eigenvalue weighted by Gasteiger charge is 2.26. The Balaban J connectivity index is 1.46.